The zero-order valence-corrected chi connectivity index (χ0v) is 28.8. The van der Waals surface area contributed by atoms with Gasteiger partial charge in [0, 0.05) is 53.3 Å². The van der Waals surface area contributed by atoms with Gasteiger partial charge in [-0.15, -0.1) is 0 Å². The van der Waals surface area contributed by atoms with Crippen LogP contribution >= 0.6 is 23.9 Å². The fraction of sp³-hybridized carbons (Fsp3) is 0.375. The second-order valence-electron chi connectivity index (χ2n) is 11.2. The van der Waals surface area contributed by atoms with E-state index in [0.717, 1.165) is 69.6 Å². The van der Waals surface area contributed by atoms with Gasteiger partial charge in [-0.05, 0) is 75.3 Å². The molecule has 232 valence electrons. The molecule has 10 nitrogen and oxygen atoms in total. The summed E-state index contributed by atoms with van der Waals surface area (Å²) in [6.45, 7) is 8.34. The molecule has 2 N–H and O–H groups in total. The van der Waals surface area contributed by atoms with Crippen molar-refractivity contribution < 1.29 is 9.57 Å². The van der Waals surface area contributed by atoms with Crippen LogP contribution in [-0.2, 0) is 4.84 Å². The maximum Gasteiger partial charge on any atom is 0.229 e. The number of benzene rings is 2. The molecule has 0 unspecified atom stereocenters. The average Bonchev–Trinajstić information content (AvgIpc) is 3.02. The molecule has 0 radical (unpaired) electrons. The first-order valence-corrected chi connectivity index (χ1v) is 17.6. The average molecular weight is 680 g/mol. The van der Waals surface area contributed by atoms with Crippen LogP contribution in [0.2, 0.25) is 0 Å². The zero-order valence-electron chi connectivity index (χ0n) is 26.3. The highest BCUT2D eigenvalue weighted by Gasteiger charge is 2.25. The van der Waals surface area contributed by atoms with Crippen LogP contribution < -0.4 is 25.6 Å². The minimum Gasteiger partial charge on any atom is -0.494 e. The molecule has 1 fully saturated rings. The predicted molar refractivity (Wildman–Crippen MR) is 188 cm³/mol. The number of piperidine rings is 1. The second kappa shape index (κ2) is 14.1. The lowest BCUT2D eigenvalue weighted by atomic mass is 10.00. The number of para-hydroxylation sites is 1. The number of aromatic nitrogens is 3. The first-order chi connectivity index (χ1) is 21.2. The van der Waals surface area contributed by atoms with Gasteiger partial charge in [-0.25, -0.2) is 4.98 Å². The number of hydrogen-bond donors (Lipinski definition) is 2. The van der Waals surface area contributed by atoms with Gasteiger partial charge >= 0.3 is 0 Å². The van der Waals surface area contributed by atoms with E-state index >= 15 is 0 Å². The summed E-state index contributed by atoms with van der Waals surface area (Å²) in [5, 5.41) is 13.6. The van der Waals surface area contributed by atoms with E-state index in [1.165, 1.54) is 5.30 Å². The molecule has 1 saturated heterocycles. The summed E-state index contributed by atoms with van der Waals surface area (Å²) < 4.78 is 6.62. The fourth-order valence-corrected chi connectivity index (χ4v) is 7.22. The number of rotatable bonds is 10. The van der Waals surface area contributed by atoms with Gasteiger partial charge in [0.05, 0.1) is 40.4 Å². The molecule has 2 aromatic heterocycles. The summed E-state index contributed by atoms with van der Waals surface area (Å²) in [6, 6.07) is 12.9. The molecule has 0 spiro atoms. The molecule has 0 amide bonds. The number of nitrogens with zero attached hydrogens (tertiary/aromatic N) is 6. The lowest BCUT2D eigenvalue weighted by Gasteiger charge is -2.37. The van der Waals surface area contributed by atoms with Gasteiger partial charge in [-0.3, -0.25) is 4.98 Å². The number of halogens is 1. The van der Waals surface area contributed by atoms with Crippen molar-refractivity contribution in [1.29, 1.82) is 0 Å². The van der Waals surface area contributed by atoms with Gasteiger partial charge in [0.2, 0.25) is 5.95 Å². The zero-order chi connectivity index (χ0) is 31.4. The van der Waals surface area contributed by atoms with Crippen LogP contribution in [0.15, 0.2) is 58.4 Å². The molecule has 3 heterocycles. The largest absolute Gasteiger partial charge is 0.494 e. The summed E-state index contributed by atoms with van der Waals surface area (Å²) in [5.74, 6) is 1.74. The smallest absolute Gasteiger partial charge is 0.229 e. The molecule has 0 aliphatic carbocycles. The third-order valence-electron chi connectivity index (χ3n) is 7.91. The van der Waals surface area contributed by atoms with Crippen molar-refractivity contribution >= 4 is 74.6 Å². The Morgan fingerprint density at radius 2 is 1.80 bits per heavy atom. The van der Waals surface area contributed by atoms with Crippen LogP contribution in [0.5, 0.6) is 5.75 Å². The number of nitrogens with one attached hydrogen (secondary N) is 2. The second-order valence-corrected chi connectivity index (χ2v) is 14.3. The molecule has 2 aromatic carbocycles. The molecule has 0 bridgehead atoms. The van der Waals surface area contributed by atoms with E-state index < -0.39 is 7.92 Å². The lowest BCUT2D eigenvalue weighted by molar-refractivity contribution is 0.213. The van der Waals surface area contributed by atoms with Crippen molar-refractivity contribution in [3.63, 3.8) is 0 Å². The Balaban J connectivity index is 1.48. The number of oxime groups is 1. The molecule has 12 heteroatoms. The molecular formula is C32H40BrN8O2P. The number of fused-ring (bicyclic) bond motifs is 1. The highest BCUT2D eigenvalue weighted by Crippen LogP contribution is 2.38. The first-order valence-electron chi connectivity index (χ1n) is 14.5. The summed E-state index contributed by atoms with van der Waals surface area (Å²) in [5.41, 5.74) is 5.43. The molecule has 0 saturated carbocycles. The van der Waals surface area contributed by atoms with E-state index in [9.17, 15) is 0 Å². The summed E-state index contributed by atoms with van der Waals surface area (Å²) in [6.07, 6.45) is 5.80. The van der Waals surface area contributed by atoms with E-state index in [4.69, 9.17) is 19.5 Å². The third-order valence-corrected chi connectivity index (χ3v) is 9.87. The Kier molecular flexibility index (Phi) is 10.2. The van der Waals surface area contributed by atoms with E-state index in [1.54, 1.807) is 20.4 Å². The van der Waals surface area contributed by atoms with E-state index in [0.29, 0.717) is 23.6 Å². The highest BCUT2D eigenvalue weighted by molar-refractivity contribution is 9.10. The summed E-state index contributed by atoms with van der Waals surface area (Å²) in [7, 11) is 7.12. The van der Waals surface area contributed by atoms with Crippen molar-refractivity contribution in [3.8, 4) is 5.75 Å². The van der Waals surface area contributed by atoms with Gasteiger partial charge in [-0.2, -0.15) is 4.98 Å². The number of pyridine rings is 1. The molecule has 44 heavy (non-hydrogen) atoms. The van der Waals surface area contributed by atoms with E-state index in [2.05, 4.69) is 92.1 Å². The standard InChI is InChI=1S/C32H40BrN8O2P/c1-20(39-43-5)23-16-26(29(42-4)17-28(23)41-14-12-21(13-15-41)40(2)3)37-32-35-18-24(33)31(38-32)36-27-19-34-25-11-9-8-10-22(25)30(27)44(6)7/h8-11,16-19,21H,12-15H2,1-7H3,(H2,35,36,37,38)/b39-20+. The SMILES string of the molecule is CO/N=C(\C)c1cc(Nc2ncc(Br)c(Nc3cnc4ccccc4c3P(C)C)n2)c(OC)cc1N1CCC(N(C)C)CC1. The van der Waals surface area contributed by atoms with Gasteiger partial charge in [0.25, 0.3) is 0 Å². The maximum atomic E-state index is 5.88. The van der Waals surface area contributed by atoms with Crippen LogP contribution in [0, 0.1) is 0 Å². The third kappa shape index (κ3) is 6.90. The first kappa shape index (κ1) is 31.9. The van der Waals surface area contributed by atoms with Crippen LogP contribution in [0.1, 0.15) is 25.3 Å². The molecule has 1 aliphatic heterocycles. The van der Waals surface area contributed by atoms with E-state index in [1.807, 2.05) is 31.3 Å². The van der Waals surface area contributed by atoms with Crippen molar-refractivity contribution in [1.82, 2.24) is 19.9 Å². The summed E-state index contributed by atoms with van der Waals surface area (Å²) >= 11 is 3.63. The topological polar surface area (TPSA) is 100 Å². The van der Waals surface area contributed by atoms with Crippen LogP contribution in [0.4, 0.5) is 28.8 Å². The van der Waals surface area contributed by atoms with Gasteiger partial charge < -0.3 is 30.0 Å². The Labute approximate surface area is 269 Å². The quantitative estimate of drug-likeness (QED) is 0.110. The van der Waals surface area contributed by atoms with Crippen LogP contribution in [0.3, 0.4) is 0 Å². The fourth-order valence-electron chi connectivity index (χ4n) is 5.66. The minimum absolute atomic E-state index is 0.423. The van der Waals surface area contributed by atoms with Crippen LogP contribution in [-0.4, -0.2) is 86.3 Å². The van der Waals surface area contributed by atoms with Crippen molar-refractivity contribution in [2.24, 2.45) is 5.16 Å². The number of hydrogen-bond acceptors (Lipinski definition) is 10. The Bertz CT molecular complexity index is 1660. The minimum atomic E-state index is -0.425. The van der Waals surface area contributed by atoms with E-state index in [-0.39, 0.29) is 0 Å². The predicted octanol–water partition coefficient (Wildman–Crippen LogP) is 6.55. The molecule has 0 atom stereocenters. The van der Waals surface area contributed by atoms with Gasteiger partial charge in [0.1, 0.15) is 18.7 Å². The van der Waals surface area contributed by atoms with Crippen molar-refractivity contribution in [2.45, 2.75) is 25.8 Å². The highest BCUT2D eigenvalue weighted by atomic mass is 79.9. The van der Waals surface area contributed by atoms with Gasteiger partial charge in [0.15, 0.2) is 0 Å². The number of methoxy groups -OCH3 is 1. The monoisotopic (exact) mass is 678 g/mol. The van der Waals surface area contributed by atoms with Crippen molar-refractivity contribution in [2.75, 3.05) is 70.3 Å². The number of ether oxygens (including phenoxy) is 1. The lowest BCUT2D eigenvalue weighted by Crippen LogP contribution is -2.42. The molecule has 1 aliphatic rings. The summed E-state index contributed by atoms with van der Waals surface area (Å²) in [4.78, 5) is 24.0. The maximum absolute atomic E-state index is 5.88. The van der Waals surface area contributed by atoms with Crippen molar-refractivity contribution in [3.05, 3.63) is 58.8 Å². The normalized spacial score (nSPS) is 14.4. The molecular weight excluding hydrogens is 639 g/mol. The Hall–Kier alpha value is -3.53. The molecule has 4 aromatic rings. The number of anilines is 5. The Morgan fingerprint density at radius 3 is 2.48 bits per heavy atom. The van der Waals surface area contributed by atoms with Crippen LogP contribution in [0.25, 0.3) is 10.9 Å². The van der Waals surface area contributed by atoms with Gasteiger partial charge in [-0.1, -0.05) is 31.3 Å². The Morgan fingerprint density at radius 1 is 1.05 bits per heavy atom. The molecule has 5 rings (SSSR count).